The van der Waals surface area contributed by atoms with E-state index in [-0.39, 0.29) is 5.97 Å². The lowest BCUT2D eigenvalue weighted by atomic mass is 10.1. The van der Waals surface area contributed by atoms with E-state index < -0.39 is 0 Å². The number of H-pyrrole nitrogens is 1. The Bertz CT molecular complexity index is 1280. The zero-order valence-corrected chi connectivity index (χ0v) is 19.5. The standard InChI is InChI=1S/C27H30N4O3/c1-33-27(32)20-11-12-21-22(18-20)28-25-24(21)26(34-16-8-15-31-13-6-3-7-14-31)30-23(29-25)17-19-9-4-2-5-10-19/h2,4-5,9-12,18H,3,6-8,13-17H2,1H3,(H,28,29,30). The topological polar surface area (TPSA) is 80.3 Å². The van der Waals surface area contributed by atoms with E-state index in [1.807, 2.05) is 24.3 Å². The number of fused-ring (bicyclic) bond motifs is 3. The van der Waals surface area contributed by atoms with Gasteiger partial charge in [-0.2, -0.15) is 4.98 Å². The van der Waals surface area contributed by atoms with Crippen LogP contribution in [0, 0.1) is 0 Å². The number of piperidine rings is 1. The third-order valence-corrected chi connectivity index (χ3v) is 6.40. The van der Waals surface area contributed by atoms with E-state index in [1.54, 1.807) is 12.1 Å². The van der Waals surface area contributed by atoms with Crippen molar-refractivity contribution in [3.63, 3.8) is 0 Å². The number of carbonyl (C=O) groups excluding carboxylic acids is 1. The second kappa shape index (κ2) is 10.2. The summed E-state index contributed by atoms with van der Waals surface area (Å²) in [5, 5.41) is 1.78. The number of carbonyl (C=O) groups is 1. The van der Waals surface area contributed by atoms with Gasteiger partial charge in [0.1, 0.15) is 11.5 Å². The first-order chi connectivity index (χ1) is 16.7. The zero-order chi connectivity index (χ0) is 23.3. The molecule has 0 bridgehead atoms. The van der Waals surface area contributed by atoms with Crippen molar-refractivity contribution in [2.24, 2.45) is 0 Å². The van der Waals surface area contributed by atoms with Gasteiger partial charge in [-0.05, 0) is 50.0 Å². The molecule has 34 heavy (non-hydrogen) atoms. The highest BCUT2D eigenvalue weighted by molar-refractivity contribution is 6.10. The van der Waals surface area contributed by atoms with Crippen LogP contribution in [0.2, 0.25) is 0 Å². The largest absolute Gasteiger partial charge is 0.477 e. The van der Waals surface area contributed by atoms with Gasteiger partial charge in [-0.15, -0.1) is 0 Å². The molecule has 4 aromatic rings. The minimum atomic E-state index is -0.370. The molecule has 176 valence electrons. The van der Waals surface area contributed by atoms with Gasteiger partial charge in [0.15, 0.2) is 0 Å². The van der Waals surface area contributed by atoms with Gasteiger partial charge < -0.3 is 19.4 Å². The van der Waals surface area contributed by atoms with Crippen LogP contribution in [0.15, 0.2) is 48.5 Å². The molecule has 1 aliphatic rings. The predicted octanol–water partition coefficient (Wildman–Crippen LogP) is 4.74. The molecular weight excluding hydrogens is 428 g/mol. The highest BCUT2D eigenvalue weighted by atomic mass is 16.5. The Hall–Kier alpha value is -3.45. The first-order valence-corrected chi connectivity index (χ1v) is 12.0. The number of nitrogens with zero attached hydrogens (tertiary/aromatic N) is 3. The fraction of sp³-hybridized carbons (Fsp3) is 0.370. The number of likely N-dealkylation sites (tertiary alicyclic amines) is 1. The van der Waals surface area contributed by atoms with Gasteiger partial charge in [0, 0.05) is 23.9 Å². The molecule has 0 amide bonds. The summed E-state index contributed by atoms with van der Waals surface area (Å²) >= 11 is 0. The van der Waals surface area contributed by atoms with Gasteiger partial charge in [-0.3, -0.25) is 0 Å². The smallest absolute Gasteiger partial charge is 0.337 e. The molecule has 1 N–H and O–H groups in total. The van der Waals surface area contributed by atoms with Gasteiger partial charge in [0.25, 0.3) is 0 Å². The minimum Gasteiger partial charge on any atom is -0.477 e. The number of aromatic amines is 1. The third-order valence-electron chi connectivity index (χ3n) is 6.40. The number of benzene rings is 2. The Balaban J connectivity index is 1.45. The normalized spacial score (nSPS) is 14.5. The maximum atomic E-state index is 12.0. The third kappa shape index (κ3) is 4.89. The molecule has 0 radical (unpaired) electrons. The lowest BCUT2D eigenvalue weighted by Gasteiger charge is -2.26. The van der Waals surface area contributed by atoms with E-state index >= 15 is 0 Å². The number of rotatable bonds is 8. The molecule has 2 aromatic heterocycles. The molecule has 0 saturated carbocycles. The van der Waals surface area contributed by atoms with Crippen molar-refractivity contribution in [1.82, 2.24) is 19.9 Å². The quantitative estimate of drug-likeness (QED) is 0.303. The average molecular weight is 459 g/mol. The molecule has 0 atom stereocenters. The predicted molar refractivity (Wildman–Crippen MR) is 132 cm³/mol. The Morgan fingerprint density at radius 1 is 1.06 bits per heavy atom. The highest BCUT2D eigenvalue weighted by Crippen LogP contribution is 2.32. The van der Waals surface area contributed by atoms with E-state index in [1.165, 1.54) is 39.5 Å². The number of hydrogen-bond acceptors (Lipinski definition) is 6. The Kier molecular flexibility index (Phi) is 6.72. The van der Waals surface area contributed by atoms with Gasteiger partial charge in [0.05, 0.1) is 24.7 Å². The maximum absolute atomic E-state index is 12.0. The van der Waals surface area contributed by atoms with Crippen molar-refractivity contribution >= 4 is 27.9 Å². The van der Waals surface area contributed by atoms with Gasteiger partial charge in [-0.1, -0.05) is 42.8 Å². The van der Waals surface area contributed by atoms with Crippen LogP contribution in [-0.4, -0.2) is 59.2 Å². The summed E-state index contributed by atoms with van der Waals surface area (Å²) < 4.78 is 11.1. The molecule has 3 heterocycles. The fourth-order valence-electron chi connectivity index (χ4n) is 4.66. The van der Waals surface area contributed by atoms with Gasteiger partial charge in [-0.25, -0.2) is 9.78 Å². The summed E-state index contributed by atoms with van der Waals surface area (Å²) in [5.41, 5.74) is 3.15. The molecular formula is C27H30N4O3. The van der Waals surface area contributed by atoms with E-state index in [2.05, 4.69) is 22.0 Å². The van der Waals surface area contributed by atoms with Crippen LogP contribution < -0.4 is 4.74 Å². The number of aromatic nitrogens is 3. The summed E-state index contributed by atoms with van der Waals surface area (Å²) in [4.78, 5) is 27.5. The van der Waals surface area contributed by atoms with E-state index in [9.17, 15) is 4.79 Å². The lowest BCUT2D eigenvalue weighted by molar-refractivity contribution is 0.0601. The average Bonchev–Trinajstić information content (AvgIpc) is 3.25. The fourth-order valence-corrected chi connectivity index (χ4v) is 4.66. The second-order valence-corrected chi connectivity index (χ2v) is 8.81. The van der Waals surface area contributed by atoms with E-state index in [0.29, 0.717) is 35.9 Å². The molecule has 0 unspecified atom stereocenters. The SMILES string of the molecule is COC(=O)c1ccc2c(c1)[nH]c1nc(Cc3ccccc3)nc(OCCCN3CCCCC3)c12. The maximum Gasteiger partial charge on any atom is 0.337 e. The van der Waals surface area contributed by atoms with Crippen molar-refractivity contribution in [2.75, 3.05) is 33.4 Å². The molecule has 7 nitrogen and oxygen atoms in total. The summed E-state index contributed by atoms with van der Waals surface area (Å²) in [6.07, 6.45) is 5.49. The van der Waals surface area contributed by atoms with Gasteiger partial charge >= 0.3 is 5.97 Å². The van der Waals surface area contributed by atoms with Crippen LogP contribution in [0.1, 0.15) is 47.4 Å². The Labute approximate surface area is 199 Å². The molecule has 1 aliphatic heterocycles. The van der Waals surface area contributed by atoms with Crippen LogP contribution in [0.5, 0.6) is 5.88 Å². The first-order valence-electron chi connectivity index (χ1n) is 12.0. The molecule has 1 saturated heterocycles. The van der Waals surface area contributed by atoms with E-state index in [0.717, 1.165) is 34.8 Å². The number of ether oxygens (including phenoxy) is 2. The molecule has 1 fully saturated rings. The van der Waals surface area contributed by atoms with E-state index in [4.69, 9.17) is 19.4 Å². The number of hydrogen-bond donors (Lipinski definition) is 1. The van der Waals surface area contributed by atoms with Crippen LogP contribution in [0.4, 0.5) is 0 Å². The Morgan fingerprint density at radius 2 is 1.88 bits per heavy atom. The molecule has 0 aliphatic carbocycles. The van der Waals surface area contributed by atoms with Crippen molar-refractivity contribution in [3.8, 4) is 5.88 Å². The van der Waals surface area contributed by atoms with Crippen LogP contribution in [0.25, 0.3) is 21.9 Å². The molecule has 5 rings (SSSR count). The summed E-state index contributed by atoms with van der Waals surface area (Å²) in [5.74, 6) is 0.918. The van der Waals surface area contributed by atoms with Crippen molar-refractivity contribution in [1.29, 1.82) is 0 Å². The number of nitrogens with one attached hydrogen (secondary N) is 1. The molecule has 0 spiro atoms. The summed E-state index contributed by atoms with van der Waals surface area (Å²) in [7, 11) is 1.38. The number of esters is 1. The van der Waals surface area contributed by atoms with Crippen molar-refractivity contribution in [2.45, 2.75) is 32.1 Å². The van der Waals surface area contributed by atoms with Crippen LogP contribution >= 0.6 is 0 Å². The van der Waals surface area contributed by atoms with Crippen LogP contribution in [0.3, 0.4) is 0 Å². The monoisotopic (exact) mass is 458 g/mol. The minimum absolute atomic E-state index is 0.370. The summed E-state index contributed by atoms with van der Waals surface area (Å²) in [6, 6.07) is 15.6. The van der Waals surface area contributed by atoms with Crippen molar-refractivity contribution in [3.05, 3.63) is 65.5 Å². The first kappa shape index (κ1) is 22.3. The van der Waals surface area contributed by atoms with Gasteiger partial charge in [0.2, 0.25) is 5.88 Å². The zero-order valence-electron chi connectivity index (χ0n) is 19.5. The lowest BCUT2D eigenvalue weighted by Crippen LogP contribution is -2.31. The molecule has 2 aromatic carbocycles. The molecule has 7 heteroatoms. The number of methoxy groups -OCH3 is 1. The van der Waals surface area contributed by atoms with Crippen LogP contribution in [-0.2, 0) is 11.2 Å². The van der Waals surface area contributed by atoms with Crippen molar-refractivity contribution < 1.29 is 14.3 Å². The highest BCUT2D eigenvalue weighted by Gasteiger charge is 2.17. The Morgan fingerprint density at radius 3 is 2.68 bits per heavy atom. The second-order valence-electron chi connectivity index (χ2n) is 8.81. The summed E-state index contributed by atoms with van der Waals surface area (Å²) in [6.45, 7) is 4.01.